The third-order valence-corrected chi connectivity index (χ3v) is 2.13. The topological polar surface area (TPSA) is 72.3 Å². The van der Waals surface area contributed by atoms with E-state index in [-0.39, 0.29) is 6.04 Å². The molecule has 1 rings (SSSR count). The highest BCUT2D eigenvalue weighted by molar-refractivity contribution is 5.41. The Morgan fingerprint density at radius 3 is 2.69 bits per heavy atom. The van der Waals surface area contributed by atoms with E-state index in [0.717, 1.165) is 12.0 Å². The fourth-order valence-electron chi connectivity index (χ4n) is 1.21. The molecule has 1 aromatic carbocycles. The van der Waals surface area contributed by atoms with Crippen molar-refractivity contribution in [1.29, 1.82) is 0 Å². The lowest BCUT2D eigenvalue weighted by Crippen LogP contribution is -2.27. The molecule has 0 spiro atoms. The summed E-state index contributed by atoms with van der Waals surface area (Å²) >= 11 is 0. The second-order valence-electron chi connectivity index (χ2n) is 3.19. The smallest absolute Gasteiger partial charge is 0.0941 e. The number of nitrogen functional groups attached to an aromatic ring is 1. The second kappa shape index (κ2) is 4.25. The van der Waals surface area contributed by atoms with Crippen LogP contribution in [0.3, 0.4) is 0 Å². The molecule has 2 atom stereocenters. The highest BCUT2D eigenvalue weighted by Crippen LogP contribution is 2.19. The summed E-state index contributed by atoms with van der Waals surface area (Å²) in [5, 5.41) is 9.73. The Labute approximate surface area is 78.4 Å². The molecule has 0 radical (unpaired) electrons. The van der Waals surface area contributed by atoms with Crippen LogP contribution in [0.15, 0.2) is 24.3 Å². The van der Waals surface area contributed by atoms with E-state index >= 15 is 0 Å². The molecule has 3 nitrogen and oxygen atoms in total. The molecule has 0 amide bonds. The lowest BCUT2D eigenvalue weighted by molar-refractivity contribution is 0.144. The van der Waals surface area contributed by atoms with Gasteiger partial charge in [0.2, 0.25) is 0 Å². The van der Waals surface area contributed by atoms with E-state index in [1.54, 1.807) is 12.1 Å². The molecule has 5 N–H and O–H groups in total. The van der Waals surface area contributed by atoms with Crippen LogP contribution < -0.4 is 11.5 Å². The van der Waals surface area contributed by atoms with Gasteiger partial charge in [0, 0.05) is 11.7 Å². The minimum Gasteiger partial charge on any atom is -0.399 e. The van der Waals surface area contributed by atoms with Gasteiger partial charge in [0.1, 0.15) is 0 Å². The maximum Gasteiger partial charge on any atom is 0.0941 e. The summed E-state index contributed by atoms with van der Waals surface area (Å²) in [7, 11) is 0. The molecule has 0 aromatic heterocycles. The van der Waals surface area contributed by atoms with Crippen LogP contribution in [-0.2, 0) is 0 Å². The standard InChI is InChI=1S/C10H16N2O/c1-2-9(12)10(13)7-4-3-5-8(11)6-7/h3-6,9-10,13H,2,11-12H2,1H3/t9-,10+/m1/s1. The summed E-state index contributed by atoms with van der Waals surface area (Å²) in [5.74, 6) is 0. The Morgan fingerprint density at radius 2 is 2.15 bits per heavy atom. The van der Waals surface area contributed by atoms with Crippen LogP contribution in [0.25, 0.3) is 0 Å². The van der Waals surface area contributed by atoms with Crippen molar-refractivity contribution in [2.45, 2.75) is 25.5 Å². The largest absolute Gasteiger partial charge is 0.399 e. The molecule has 0 saturated carbocycles. The highest BCUT2D eigenvalue weighted by atomic mass is 16.3. The Bertz CT molecular complexity index is 275. The van der Waals surface area contributed by atoms with Crippen LogP contribution in [0.4, 0.5) is 5.69 Å². The number of hydrogen-bond donors (Lipinski definition) is 3. The Hall–Kier alpha value is -1.06. The van der Waals surface area contributed by atoms with Gasteiger partial charge in [0.15, 0.2) is 0 Å². The van der Waals surface area contributed by atoms with Gasteiger partial charge in [0.05, 0.1) is 6.10 Å². The molecule has 72 valence electrons. The molecule has 0 bridgehead atoms. The first-order valence-electron chi connectivity index (χ1n) is 4.44. The maximum atomic E-state index is 9.73. The maximum absolute atomic E-state index is 9.73. The van der Waals surface area contributed by atoms with Crippen LogP contribution in [0.2, 0.25) is 0 Å². The normalized spacial score (nSPS) is 15.3. The Morgan fingerprint density at radius 1 is 1.46 bits per heavy atom. The van der Waals surface area contributed by atoms with Crippen LogP contribution in [0.5, 0.6) is 0 Å². The van der Waals surface area contributed by atoms with E-state index < -0.39 is 6.10 Å². The number of benzene rings is 1. The molecule has 13 heavy (non-hydrogen) atoms. The van der Waals surface area contributed by atoms with Gasteiger partial charge in [-0.15, -0.1) is 0 Å². The van der Waals surface area contributed by atoms with Crippen molar-refractivity contribution in [2.75, 3.05) is 5.73 Å². The van der Waals surface area contributed by atoms with Crippen molar-refractivity contribution in [3.8, 4) is 0 Å². The molecule has 0 unspecified atom stereocenters. The molecular formula is C10H16N2O. The SMILES string of the molecule is CC[C@@H](N)[C@@H](O)c1cccc(N)c1. The number of nitrogens with two attached hydrogens (primary N) is 2. The molecule has 0 aliphatic carbocycles. The summed E-state index contributed by atoms with van der Waals surface area (Å²) in [6, 6.07) is 6.96. The second-order valence-corrected chi connectivity index (χ2v) is 3.19. The summed E-state index contributed by atoms with van der Waals surface area (Å²) < 4.78 is 0. The molecule has 0 aliphatic heterocycles. The third-order valence-electron chi connectivity index (χ3n) is 2.13. The van der Waals surface area contributed by atoms with E-state index in [4.69, 9.17) is 11.5 Å². The van der Waals surface area contributed by atoms with Gasteiger partial charge in [-0.25, -0.2) is 0 Å². The summed E-state index contributed by atoms with van der Waals surface area (Å²) in [6.07, 6.45) is 0.129. The van der Waals surface area contributed by atoms with Gasteiger partial charge in [-0.2, -0.15) is 0 Å². The quantitative estimate of drug-likeness (QED) is 0.608. The van der Waals surface area contributed by atoms with Crippen molar-refractivity contribution in [2.24, 2.45) is 5.73 Å². The first kappa shape index (κ1) is 10.0. The predicted molar refractivity (Wildman–Crippen MR) is 54.1 cm³/mol. The average molecular weight is 180 g/mol. The van der Waals surface area contributed by atoms with Gasteiger partial charge in [-0.05, 0) is 24.1 Å². The molecule has 0 heterocycles. The van der Waals surface area contributed by atoms with Crippen LogP contribution >= 0.6 is 0 Å². The number of hydrogen-bond acceptors (Lipinski definition) is 3. The van der Waals surface area contributed by atoms with E-state index in [0.29, 0.717) is 5.69 Å². The minimum absolute atomic E-state index is 0.221. The van der Waals surface area contributed by atoms with Gasteiger partial charge >= 0.3 is 0 Å². The van der Waals surface area contributed by atoms with Gasteiger partial charge < -0.3 is 16.6 Å². The van der Waals surface area contributed by atoms with Crippen molar-refractivity contribution in [1.82, 2.24) is 0 Å². The summed E-state index contributed by atoms with van der Waals surface area (Å²) in [4.78, 5) is 0. The number of rotatable bonds is 3. The van der Waals surface area contributed by atoms with Crippen molar-refractivity contribution >= 4 is 5.69 Å². The number of aliphatic hydroxyl groups excluding tert-OH is 1. The van der Waals surface area contributed by atoms with Gasteiger partial charge in [0.25, 0.3) is 0 Å². The number of anilines is 1. The summed E-state index contributed by atoms with van der Waals surface area (Å²) in [5.41, 5.74) is 12.7. The van der Waals surface area contributed by atoms with Crippen molar-refractivity contribution in [3.05, 3.63) is 29.8 Å². The lowest BCUT2D eigenvalue weighted by Gasteiger charge is -2.17. The highest BCUT2D eigenvalue weighted by Gasteiger charge is 2.14. The van der Waals surface area contributed by atoms with Gasteiger partial charge in [-0.3, -0.25) is 0 Å². The first-order chi connectivity index (χ1) is 6.15. The zero-order valence-electron chi connectivity index (χ0n) is 7.77. The molecule has 3 heteroatoms. The Balaban J connectivity index is 2.82. The summed E-state index contributed by atoms with van der Waals surface area (Å²) in [6.45, 7) is 1.94. The van der Waals surface area contributed by atoms with Crippen molar-refractivity contribution < 1.29 is 5.11 Å². The zero-order valence-corrected chi connectivity index (χ0v) is 7.77. The molecule has 0 aliphatic rings. The van der Waals surface area contributed by atoms with Crippen LogP contribution in [0.1, 0.15) is 25.0 Å². The fraction of sp³-hybridized carbons (Fsp3) is 0.400. The first-order valence-corrected chi connectivity index (χ1v) is 4.44. The minimum atomic E-state index is -0.617. The van der Waals surface area contributed by atoms with Crippen molar-refractivity contribution in [3.63, 3.8) is 0 Å². The molecular weight excluding hydrogens is 164 g/mol. The van der Waals surface area contributed by atoms with E-state index in [1.807, 2.05) is 19.1 Å². The van der Waals surface area contributed by atoms with E-state index in [9.17, 15) is 5.11 Å². The van der Waals surface area contributed by atoms with Crippen LogP contribution in [-0.4, -0.2) is 11.1 Å². The molecule has 0 fully saturated rings. The molecule has 0 saturated heterocycles. The average Bonchev–Trinajstić information content (AvgIpc) is 2.15. The van der Waals surface area contributed by atoms with Crippen LogP contribution in [0, 0.1) is 0 Å². The monoisotopic (exact) mass is 180 g/mol. The predicted octanol–water partition coefficient (Wildman–Crippen LogP) is 1.04. The van der Waals surface area contributed by atoms with Gasteiger partial charge in [-0.1, -0.05) is 19.1 Å². The lowest BCUT2D eigenvalue weighted by atomic mass is 10.0. The van der Waals surface area contributed by atoms with E-state index in [1.165, 1.54) is 0 Å². The van der Waals surface area contributed by atoms with E-state index in [2.05, 4.69) is 0 Å². The Kier molecular flexibility index (Phi) is 3.28. The zero-order chi connectivity index (χ0) is 9.84. The molecule has 1 aromatic rings. The number of aliphatic hydroxyl groups is 1. The third kappa shape index (κ3) is 2.44. The fourth-order valence-corrected chi connectivity index (χ4v) is 1.21.